The van der Waals surface area contributed by atoms with Crippen LogP contribution < -0.4 is 5.32 Å². The fourth-order valence-electron chi connectivity index (χ4n) is 3.31. The maximum absolute atomic E-state index is 14.0. The molecule has 2 N–H and O–H groups in total. The number of fused-ring (bicyclic) bond motifs is 1. The monoisotopic (exact) mass is 417 g/mol. The highest BCUT2D eigenvalue weighted by molar-refractivity contribution is 6.35. The van der Waals surface area contributed by atoms with Gasteiger partial charge in [-0.1, -0.05) is 35.9 Å². The van der Waals surface area contributed by atoms with Crippen LogP contribution in [0.4, 0.5) is 4.39 Å². The van der Waals surface area contributed by atoms with Crippen LogP contribution in [-0.2, 0) is 16.1 Å². The van der Waals surface area contributed by atoms with Crippen LogP contribution in [0.1, 0.15) is 30.7 Å². The molecule has 0 aliphatic carbocycles. The lowest BCUT2D eigenvalue weighted by atomic mass is 9.91. The number of carbonyl (C=O) groups is 2. The number of benzene rings is 2. The molecule has 29 heavy (non-hydrogen) atoms. The molecule has 6 nitrogen and oxygen atoms in total. The van der Waals surface area contributed by atoms with Gasteiger partial charge >= 0.3 is 5.97 Å². The van der Waals surface area contributed by atoms with E-state index in [4.69, 9.17) is 16.7 Å². The van der Waals surface area contributed by atoms with Crippen molar-refractivity contribution in [3.05, 3.63) is 65.1 Å². The molecule has 1 atom stereocenters. The molecule has 0 saturated carbocycles. The minimum absolute atomic E-state index is 0.0897. The highest BCUT2D eigenvalue weighted by Crippen LogP contribution is 2.26. The number of hydrogen-bond donors (Lipinski definition) is 2. The average molecular weight is 418 g/mol. The highest BCUT2D eigenvalue weighted by atomic mass is 35.5. The summed E-state index contributed by atoms with van der Waals surface area (Å²) < 4.78 is 15.8. The second-order valence-electron chi connectivity index (χ2n) is 6.76. The number of rotatable bonds is 9. The van der Waals surface area contributed by atoms with Gasteiger partial charge in [-0.25, -0.2) is 4.39 Å². The Bertz CT molecular complexity index is 1020. The number of nitrogens with one attached hydrogen (secondary N) is 1. The molecular weight excluding hydrogens is 397 g/mol. The van der Waals surface area contributed by atoms with Crippen molar-refractivity contribution in [2.75, 3.05) is 6.54 Å². The molecule has 1 aromatic heterocycles. The SMILES string of the molecule is O=C(O)CC(CC(=O)NCCCn1ncc2c(Cl)cccc21)c1ccccc1F. The van der Waals surface area contributed by atoms with E-state index in [9.17, 15) is 14.0 Å². The van der Waals surface area contributed by atoms with Crippen molar-refractivity contribution >= 4 is 34.4 Å². The van der Waals surface area contributed by atoms with Gasteiger partial charge in [-0.05, 0) is 30.2 Å². The third-order valence-electron chi connectivity index (χ3n) is 4.70. The van der Waals surface area contributed by atoms with Gasteiger partial charge < -0.3 is 10.4 Å². The number of carboxylic acids is 1. The second kappa shape index (κ2) is 9.52. The van der Waals surface area contributed by atoms with Crippen LogP contribution in [0.25, 0.3) is 10.9 Å². The Morgan fingerprint density at radius 1 is 1.17 bits per heavy atom. The van der Waals surface area contributed by atoms with E-state index in [1.54, 1.807) is 18.3 Å². The molecule has 2 aromatic carbocycles. The Hall–Kier alpha value is -2.93. The first-order valence-corrected chi connectivity index (χ1v) is 9.66. The maximum atomic E-state index is 14.0. The van der Waals surface area contributed by atoms with Crippen molar-refractivity contribution in [1.82, 2.24) is 15.1 Å². The van der Waals surface area contributed by atoms with Crippen LogP contribution in [0.5, 0.6) is 0 Å². The van der Waals surface area contributed by atoms with Gasteiger partial charge in [0.2, 0.25) is 5.91 Å². The summed E-state index contributed by atoms with van der Waals surface area (Å²) in [5.74, 6) is -2.61. The van der Waals surface area contributed by atoms with Crippen LogP contribution in [0.15, 0.2) is 48.7 Å². The lowest BCUT2D eigenvalue weighted by molar-refractivity contribution is -0.137. The molecular formula is C21H21ClFN3O3. The van der Waals surface area contributed by atoms with E-state index in [0.717, 1.165) is 10.9 Å². The van der Waals surface area contributed by atoms with Gasteiger partial charge in [0.15, 0.2) is 0 Å². The van der Waals surface area contributed by atoms with Crippen LogP contribution in [0.2, 0.25) is 5.02 Å². The number of nitrogens with zero attached hydrogens (tertiary/aromatic N) is 2. The molecule has 1 unspecified atom stereocenters. The average Bonchev–Trinajstić information content (AvgIpc) is 3.09. The predicted octanol–water partition coefficient (Wildman–Crippen LogP) is 3.98. The molecule has 1 heterocycles. The molecule has 0 aliphatic heterocycles. The minimum Gasteiger partial charge on any atom is -0.481 e. The zero-order chi connectivity index (χ0) is 20.8. The van der Waals surface area contributed by atoms with Gasteiger partial charge in [0.1, 0.15) is 5.82 Å². The van der Waals surface area contributed by atoms with Crippen molar-refractivity contribution in [3.63, 3.8) is 0 Å². The smallest absolute Gasteiger partial charge is 0.303 e. The molecule has 8 heteroatoms. The van der Waals surface area contributed by atoms with Crippen molar-refractivity contribution < 1.29 is 19.1 Å². The van der Waals surface area contributed by atoms with Gasteiger partial charge in [-0.15, -0.1) is 0 Å². The summed E-state index contributed by atoms with van der Waals surface area (Å²) in [5.41, 5.74) is 1.16. The molecule has 0 bridgehead atoms. The summed E-state index contributed by atoms with van der Waals surface area (Å²) in [6.45, 7) is 0.994. The lowest BCUT2D eigenvalue weighted by Crippen LogP contribution is -2.27. The van der Waals surface area contributed by atoms with Gasteiger partial charge in [-0.3, -0.25) is 14.3 Å². The number of carbonyl (C=O) groups excluding carboxylic acids is 1. The molecule has 0 fully saturated rings. The van der Waals surface area contributed by atoms with Crippen LogP contribution >= 0.6 is 11.6 Å². The number of hydrogen-bond acceptors (Lipinski definition) is 3. The predicted molar refractivity (Wildman–Crippen MR) is 108 cm³/mol. The Morgan fingerprint density at radius 2 is 1.97 bits per heavy atom. The summed E-state index contributed by atoms with van der Waals surface area (Å²) in [6.07, 6.45) is 1.95. The van der Waals surface area contributed by atoms with E-state index >= 15 is 0 Å². The fraction of sp³-hybridized carbons (Fsp3) is 0.286. The van der Waals surface area contributed by atoms with Crippen molar-refractivity contribution in [3.8, 4) is 0 Å². The largest absolute Gasteiger partial charge is 0.481 e. The molecule has 3 aromatic rings. The summed E-state index contributed by atoms with van der Waals surface area (Å²) in [5, 5.41) is 17.7. The normalized spacial score (nSPS) is 12.1. The Labute approximate surface area is 172 Å². The number of halogens is 2. The fourth-order valence-corrected chi connectivity index (χ4v) is 3.53. The summed E-state index contributed by atoms with van der Waals surface area (Å²) in [7, 11) is 0. The van der Waals surface area contributed by atoms with Gasteiger partial charge in [0.05, 0.1) is 23.2 Å². The van der Waals surface area contributed by atoms with Crippen LogP contribution in [0.3, 0.4) is 0 Å². The quantitative estimate of drug-likeness (QED) is 0.516. The molecule has 0 spiro atoms. The standard InChI is InChI=1S/C21H21ClFN3O3/c22-17-6-3-8-19-16(17)13-25-26(19)10-4-9-24-20(27)11-14(12-21(28)29)15-5-1-2-7-18(15)23/h1-3,5-8,13-14H,4,9-12H2,(H,24,27)(H,28,29). The Balaban J connectivity index is 1.53. The van der Waals surface area contributed by atoms with E-state index in [1.165, 1.54) is 18.2 Å². The lowest BCUT2D eigenvalue weighted by Gasteiger charge is -2.16. The first-order chi connectivity index (χ1) is 14.0. The summed E-state index contributed by atoms with van der Waals surface area (Å²) in [4.78, 5) is 23.4. The summed E-state index contributed by atoms with van der Waals surface area (Å²) in [6, 6.07) is 11.5. The molecule has 0 aliphatic rings. The third-order valence-corrected chi connectivity index (χ3v) is 5.03. The van der Waals surface area contributed by atoms with E-state index in [0.29, 0.717) is 24.5 Å². The number of aryl methyl sites for hydroxylation is 1. The van der Waals surface area contributed by atoms with E-state index < -0.39 is 17.7 Å². The van der Waals surface area contributed by atoms with Crippen molar-refractivity contribution in [1.29, 1.82) is 0 Å². The van der Waals surface area contributed by atoms with E-state index in [2.05, 4.69) is 10.4 Å². The topological polar surface area (TPSA) is 84.2 Å². The van der Waals surface area contributed by atoms with Crippen LogP contribution in [0, 0.1) is 5.82 Å². The zero-order valence-corrected chi connectivity index (χ0v) is 16.4. The number of amides is 1. The van der Waals surface area contributed by atoms with Crippen molar-refractivity contribution in [2.45, 2.75) is 31.7 Å². The number of aromatic nitrogens is 2. The number of aliphatic carboxylic acids is 1. The van der Waals surface area contributed by atoms with Crippen LogP contribution in [-0.4, -0.2) is 33.3 Å². The van der Waals surface area contributed by atoms with Gasteiger partial charge in [0, 0.05) is 30.8 Å². The highest BCUT2D eigenvalue weighted by Gasteiger charge is 2.22. The first-order valence-electron chi connectivity index (χ1n) is 9.28. The van der Waals surface area contributed by atoms with Gasteiger partial charge in [0.25, 0.3) is 0 Å². The molecule has 3 rings (SSSR count). The molecule has 1 amide bonds. The molecule has 152 valence electrons. The number of carboxylic acid groups (broad SMARTS) is 1. The second-order valence-corrected chi connectivity index (χ2v) is 7.17. The minimum atomic E-state index is -1.07. The first kappa shape index (κ1) is 20.8. The van der Waals surface area contributed by atoms with Crippen molar-refractivity contribution in [2.24, 2.45) is 0 Å². The summed E-state index contributed by atoms with van der Waals surface area (Å²) >= 11 is 6.14. The molecule has 0 radical (unpaired) electrons. The zero-order valence-electron chi connectivity index (χ0n) is 15.6. The van der Waals surface area contributed by atoms with E-state index in [1.807, 2.05) is 16.8 Å². The Kier molecular flexibility index (Phi) is 6.82. The van der Waals surface area contributed by atoms with E-state index in [-0.39, 0.29) is 24.3 Å². The molecule has 0 saturated heterocycles. The maximum Gasteiger partial charge on any atom is 0.303 e. The van der Waals surface area contributed by atoms with Gasteiger partial charge in [-0.2, -0.15) is 5.10 Å². The Morgan fingerprint density at radius 3 is 2.72 bits per heavy atom. The third kappa shape index (κ3) is 5.32.